The van der Waals surface area contributed by atoms with E-state index in [1.54, 1.807) is 19.2 Å². The lowest BCUT2D eigenvalue weighted by atomic mass is 10.0. The number of methoxy groups -OCH3 is 1. The highest BCUT2D eigenvalue weighted by atomic mass is 79.9. The van der Waals surface area contributed by atoms with Gasteiger partial charge in [0, 0.05) is 15.4 Å². The molecule has 0 aromatic heterocycles. The van der Waals surface area contributed by atoms with Gasteiger partial charge in [-0.1, -0.05) is 45.7 Å². The predicted octanol–water partition coefficient (Wildman–Crippen LogP) is 5.17. The first kappa shape index (κ1) is 14.4. The maximum atomic E-state index is 13.8. The number of hydrogen-bond acceptors (Lipinski definition) is 1. The molecule has 0 heterocycles. The molecule has 4 heteroatoms. The van der Waals surface area contributed by atoms with E-state index < -0.39 is 0 Å². The van der Waals surface area contributed by atoms with Gasteiger partial charge in [-0.15, -0.1) is 0 Å². The molecule has 0 saturated carbocycles. The van der Waals surface area contributed by atoms with Crippen LogP contribution in [0.1, 0.15) is 16.0 Å². The molecule has 0 radical (unpaired) electrons. The Morgan fingerprint density at radius 2 is 2.00 bits per heavy atom. The van der Waals surface area contributed by atoms with Crippen LogP contribution in [0, 0.1) is 5.82 Å². The molecule has 0 amide bonds. The Balaban J connectivity index is 2.23. The van der Waals surface area contributed by atoms with Crippen LogP contribution < -0.4 is 4.74 Å². The highest BCUT2D eigenvalue weighted by Gasteiger charge is 2.16. The molecular weight excluding hydrogens is 331 g/mol. The molecule has 1 nitrogen and oxygen atoms in total. The van der Waals surface area contributed by atoms with Crippen LogP contribution >= 0.6 is 27.5 Å². The van der Waals surface area contributed by atoms with E-state index in [2.05, 4.69) is 15.9 Å². The second kappa shape index (κ2) is 6.40. The Kier molecular flexibility index (Phi) is 4.83. The summed E-state index contributed by atoms with van der Waals surface area (Å²) in [6, 6.07) is 12.4. The molecular formula is C15H13BrClFO. The highest BCUT2D eigenvalue weighted by Crippen LogP contribution is 2.34. The summed E-state index contributed by atoms with van der Waals surface area (Å²) in [5.41, 5.74) is 1.55. The van der Waals surface area contributed by atoms with Gasteiger partial charge in [-0.2, -0.15) is 0 Å². The van der Waals surface area contributed by atoms with E-state index in [9.17, 15) is 4.39 Å². The van der Waals surface area contributed by atoms with E-state index in [0.29, 0.717) is 17.0 Å². The smallest absolute Gasteiger partial charge is 0.129 e. The van der Waals surface area contributed by atoms with Gasteiger partial charge >= 0.3 is 0 Å². The molecule has 2 aromatic rings. The quantitative estimate of drug-likeness (QED) is 0.696. The van der Waals surface area contributed by atoms with Gasteiger partial charge in [-0.25, -0.2) is 4.39 Å². The van der Waals surface area contributed by atoms with Crippen molar-refractivity contribution in [2.24, 2.45) is 0 Å². The molecule has 0 fully saturated rings. The number of ether oxygens (including phenoxy) is 1. The van der Waals surface area contributed by atoms with Crippen molar-refractivity contribution in [3.05, 3.63) is 64.4 Å². The molecule has 0 bridgehead atoms. The van der Waals surface area contributed by atoms with Gasteiger partial charge in [0.25, 0.3) is 0 Å². The minimum Gasteiger partial charge on any atom is -0.497 e. The number of rotatable bonds is 4. The molecule has 0 aliphatic heterocycles. The fourth-order valence-corrected chi connectivity index (χ4v) is 3.18. The van der Waals surface area contributed by atoms with Crippen molar-refractivity contribution in [3.63, 3.8) is 0 Å². The lowest BCUT2D eigenvalue weighted by molar-refractivity contribution is 0.414. The first-order valence-electron chi connectivity index (χ1n) is 5.82. The van der Waals surface area contributed by atoms with Gasteiger partial charge in [-0.3, -0.25) is 0 Å². The Morgan fingerprint density at radius 3 is 2.68 bits per heavy atom. The largest absolute Gasteiger partial charge is 0.497 e. The summed E-state index contributed by atoms with van der Waals surface area (Å²) in [4.78, 5) is -0.173. The van der Waals surface area contributed by atoms with Gasteiger partial charge in [0.05, 0.1) is 7.11 Å². The molecule has 100 valence electrons. The van der Waals surface area contributed by atoms with Crippen LogP contribution in [0.3, 0.4) is 0 Å². The summed E-state index contributed by atoms with van der Waals surface area (Å²) in [5.74, 6) is 0.495. The number of halogens is 3. The normalized spacial score (nSPS) is 12.2. The van der Waals surface area contributed by atoms with Crippen LogP contribution in [0.2, 0.25) is 5.02 Å². The first-order valence-corrected chi connectivity index (χ1v) is 7.12. The van der Waals surface area contributed by atoms with Crippen molar-refractivity contribution in [1.82, 2.24) is 0 Å². The van der Waals surface area contributed by atoms with E-state index in [4.69, 9.17) is 16.3 Å². The van der Waals surface area contributed by atoms with Crippen LogP contribution in [-0.2, 0) is 6.42 Å². The van der Waals surface area contributed by atoms with Crippen molar-refractivity contribution in [3.8, 4) is 5.75 Å². The molecule has 0 N–H and O–H groups in total. The average Bonchev–Trinajstić information content (AvgIpc) is 2.38. The van der Waals surface area contributed by atoms with Gasteiger partial charge in [0.2, 0.25) is 0 Å². The predicted molar refractivity (Wildman–Crippen MR) is 79.8 cm³/mol. The Labute approximate surface area is 125 Å². The third kappa shape index (κ3) is 3.48. The Hall–Kier alpha value is -1.06. The third-order valence-electron chi connectivity index (χ3n) is 2.86. The molecule has 1 unspecified atom stereocenters. The standard InChI is InChI=1S/C15H13BrClFO/c1-19-11-5-2-4-10(8-11)9-12(16)15-13(17)6-3-7-14(15)18/h2-8,12H,9H2,1H3. The van der Waals surface area contributed by atoms with Crippen LogP contribution in [0.15, 0.2) is 42.5 Å². The SMILES string of the molecule is COc1cccc(CC(Br)c2c(F)cccc2Cl)c1. The fraction of sp³-hybridized carbons (Fsp3) is 0.200. The van der Waals surface area contributed by atoms with E-state index in [1.165, 1.54) is 6.07 Å². The zero-order valence-electron chi connectivity index (χ0n) is 10.4. The topological polar surface area (TPSA) is 9.23 Å². The van der Waals surface area contributed by atoms with Gasteiger partial charge in [0.15, 0.2) is 0 Å². The molecule has 0 saturated heterocycles. The van der Waals surface area contributed by atoms with Crippen molar-refractivity contribution >= 4 is 27.5 Å². The van der Waals surface area contributed by atoms with Crippen LogP contribution in [0.25, 0.3) is 0 Å². The van der Waals surface area contributed by atoms with Crippen LogP contribution in [-0.4, -0.2) is 7.11 Å². The van der Waals surface area contributed by atoms with E-state index in [0.717, 1.165) is 11.3 Å². The lowest BCUT2D eigenvalue weighted by Gasteiger charge is -2.13. The molecule has 2 rings (SSSR count). The number of hydrogen-bond donors (Lipinski definition) is 0. The average molecular weight is 344 g/mol. The van der Waals surface area contributed by atoms with E-state index in [-0.39, 0.29) is 10.6 Å². The molecule has 0 spiro atoms. The summed E-state index contributed by atoms with van der Waals surface area (Å²) in [6.07, 6.45) is 0.637. The molecule has 2 aromatic carbocycles. The third-order valence-corrected chi connectivity index (χ3v) is 3.97. The molecule has 0 aliphatic rings. The van der Waals surface area contributed by atoms with Crippen LogP contribution in [0.5, 0.6) is 5.75 Å². The fourth-order valence-electron chi connectivity index (χ4n) is 1.92. The first-order chi connectivity index (χ1) is 9.11. The van der Waals surface area contributed by atoms with Crippen LogP contribution in [0.4, 0.5) is 4.39 Å². The maximum Gasteiger partial charge on any atom is 0.129 e. The van der Waals surface area contributed by atoms with Crippen molar-refractivity contribution in [1.29, 1.82) is 0 Å². The summed E-state index contributed by atoms with van der Waals surface area (Å²) < 4.78 is 19.0. The van der Waals surface area contributed by atoms with Crippen molar-refractivity contribution in [2.45, 2.75) is 11.2 Å². The number of benzene rings is 2. The van der Waals surface area contributed by atoms with E-state index >= 15 is 0 Å². The monoisotopic (exact) mass is 342 g/mol. The Morgan fingerprint density at radius 1 is 1.26 bits per heavy atom. The highest BCUT2D eigenvalue weighted by molar-refractivity contribution is 9.09. The maximum absolute atomic E-state index is 13.8. The zero-order valence-corrected chi connectivity index (χ0v) is 12.7. The number of alkyl halides is 1. The zero-order chi connectivity index (χ0) is 13.8. The molecule has 1 atom stereocenters. The van der Waals surface area contributed by atoms with Crippen molar-refractivity contribution in [2.75, 3.05) is 7.11 Å². The lowest BCUT2D eigenvalue weighted by Crippen LogP contribution is -2.00. The second-order valence-electron chi connectivity index (χ2n) is 4.16. The minimum atomic E-state index is -0.294. The van der Waals surface area contributed by atoms with Gasteiger partial charge in [0.1, 0.15) is 11.6 Å². The summed E-state index contributed by atoms with van der Waals surface area (Å²) in [5, 5.41) is 0.435. The molecule has 0 aliphatic carbocycles. The van der Waals surface area contributed by atoms with Gasteiger partial charge < -0.3 is 4.74 Å². The minimum absolute atomic E-state index is 0.173. The van der Waals surface area contributed by atoms with Gasteiger partial charge in [-0.05, 0) is 36.2 Å². The van der Waals surface area contributed by atoms with Crippen molar-refractivity contribution < 1.29 is 9.13 Å². The second-order valence-corrected chi connectivity index (χ2v) is 5.67. The summed E-state index contributed by atoms with van der Waals surface area (Å²) in [6.45, 7) is 0. The summed E-state index contributed by atoms with van der Waals surface area (Å²) >= 11 is 9.56. The molecule has 19 heavy (non-hydrogen) atoms. The Bertz CT molecular complexity index is 554. The van der Waals surface area contributed by atoms with E-state index in [1.807, 2.05) is 24.3 Å². The summed E-state index contributed by atoms with van der Waals surface area (Å²) in [7, 11) is 1.62.